The van der Waals surface area contributed by atoms with Crippen molar-refractivity contribution in [3.05, 3.63) is 101 Å². The molecule has 3 aromatic rings. The van der Waals surface area contributed by atoms with E-state index in [0.717, 1.165) is 11.1 Å². The van der Waals surface area contributed by atoms with E-state index < -0.39 is 0 Å². The van der Waals surface area contributed by atoms with Gasteiger partial charge in [0.05, 0.1) is 26.3 Å². The van der Waals surface area contributed by atoms with E-state index in [1.165, 1.54) is 4.90 Å². The Morgan fingerprint density at radius 2 is 1.36 bits per heavy atom. The third-order valence-electron chi connectivity index (χ3n) is 5.64. The van der Waals surface area contributed by atoms with Crippen molar-refractivity contribution in [2.75, 3.05) is 21.3 Å². The lowest BCUT2D eigenvalue weighted by Gasteiger charge is -2.21. The predicted molar refractivity (Wildman–Crippen MR) is 126 cm³/mol. The average molecular weight is 443 g/mol. The number of nitrogens with zero attached hydrogens (tertiary/aromatic N) is 2. The largest absolute Gasteiger partial charge is 0.493 e. The van der Waals surface area contributed by atoms with E-state index in [2.05, 4.69) is 0 Å². The van der Waals surface area contributed by atoms with Gasteiger partial charge in [-0.1, -0.05) is 66.7 Å². The maximum absolute atomic E-state index is 13.6. The molecule has 1 aliphatic heterocycles. The Morgan fingerprint density at radius 3 is 1.97 bits per heavy atom. The average Bonchev–Trinajstić information content (AvgIpc) is 3.09. The molecule has 1 aliphatic rings. The fourth-order valence-corrected chi connectivity index (χ4v) is 4.02. The van der Waals surface area contributed by atoms with Crippen LogP contribution < -0.4 is 9.47 Å². The number of rotatable bonds is 8. The minimum atomic E-state index is -0.328. The Bertz CT molecular complexity index is 1190. The highest BCUT2D eigenvalue weighted by molar-refractivity contribution is 6.35. The zero-order valence-corrected chi connectivity index (χ0v) is 18.9. The van der Waals surface area contributed by atoms with Gasteiger partial charge in [-0.15, -0.1) is 0 Å². The van der Waals surface area contributed by atoms with Gasteiger partial charge in [-0.05, 0) is 28.8 Å². The molecule has 2 amide bonds. The molecule has 33 heavy (non-hydrogen) atoms. The SMILES string of the molecule is COc1ccc(C2=C(N(C)Cc3ccccc3)C(=O)N(Cc3ccccc3)C2=O)cc1OC. The number of likely N-dealkylation sites (N-methyl/N-ethyl adjacent to an activating group) is 1. The lowest BCUT2D eigenvalue weighted by molar-refractivity contribution is -0.138. The molecule has 0 atom stereocenters. The molecule has 0 aliphatic carbocycles. The standard InChI is InChI=1S/C27H26N2O4/c1-28(17-19-10-6-4-7-11-19)25-24(21-14-15-22(32-2)23(16-21)33-3)26(30)29(27(25)31)18-20-12-8-5-9-13-20/h4-16H,17-18H2,1-3H3. The summed E-state index contributed by atoms with van der Waals surface area (Å²) in [6.07, 6.45) is 0. The summed E-state index contributed by atoms with van der Waals surface area (Å²) in [5.74, 6) is 0.409. The van der Waals surface area contributed by atoms with Crippen LogP contribution in [0.2, 0.25) is 0 Å². The van der Waals surface area contributed by atoms with Gasteiger partial charge in [-0.25, -0.2) is 0 Å². The van der Waals surface area contributed by atoms with Crippen LogP contribution in [0.25, 0.3) is 5.57 Å². The molecule has 6 heteroatoms. The summed E-state index contributed by atoms with van der Waals surface area (Å²) in [5, 5.41) is 0. The highest BCUT2D eigenvalue weighted by atomic mass is 16.5. The Labute approximate surface area is 193 Å². The second-order valence-electron chi connectivity index (χ2n) is 7.82. The number of hydrogen-bond acceptors (Lipinski definition) is 5. The molecular weight excluding hydrogens is 416 g/mol. The van der Waals surface area contributed by atoms with E-state index in [4.69, 9.17) is 9.47 Å². The van der Waals surface area contributed by atoms with Crippen LogP contribution in [0.15, 0.2) is 84.6 Å². The fourth-order valence-electron chi connectivity index (χ4n) is 4.02. The fraction of sp³-hybridized carbons (Fsp3) is 0.185. The van der Waals surface area contributed by atoms with Crippen LogP contribution >= 0.6 is 0 Å². The first-order valence-corrected chi connectivity index (χ1v) is 10.6. The van der Waals surface area contributed by atoms with E-state index >= 15 is 0 Å². The second-order valence-corrected chi connectivity index (χ2v) is 7.82. The first kappa shape index (κ1) is 22.1. The lowest BCUT2D eigenvalue weighted by atomic mass is 10.0. The Hall–Kier alpha value is -4.06. The monoisotopic (exact) mass is 442 g/mol. The molecule has 0 fully saturated rings. The number of imide groups is 1. The van der Waals surface area contributed by atoms with Crippen LogP contribution in [0.3, 0.4) is 0 Å². The minimum absolute atomic E-state index is 0.206. The minimum Gasteiger partial charge on any atom is -0.493 e. The van der Waals surface area contributed by atoms with Crippen LogP contribution in [0.5, 0.6) is 11.5 Å². The van der Waals surface area contributed by atoms with Gasteiger partial charge in [-0.2, -0.15) is 0 Å². The number of benzene rings is 3. The third kappa shape index (κ3) is 4.46. The van der Waals surface area contributed by atoms with Gasteiger partial charge in [0.1, 0.15) is 5.70 Å². The molecule has 0 radical (unpaired) electrons. The molecule has 168 valence electrons. The summed E-state index contributed by atoms with van der Waals surface area (Å²) in [4.78, 5) is 30.3. The van der Waals surface area contributed by atoms with Crippen molar-refractivity contribution in [2.45, 2.75) is 13.1 Å². The molecule has 0 saturated heterocycles. The molecule has 0 N–H and O–H groups in total. The van der Waals surface area contributed by atoms with Gasteiger partial charge < -0.3 is 14.4 Å². The van der Waals surface area contributed by atoms with Gasteiger partial charge in [0.15, 0.2) is 11.5 Å². The van der Waals surface area contributed by atoms with Crippen molar-refractivity contribution >= 4 is 17.4 Å². The number of ether oxygens (including phenoxy) is 2. The number of carbonyl (C=O) groups is 2. The van der Waals surface area contributed by atoms with Crippen molar-refractivity contribution in [1.82, 2.24) is 9.80 Å². The number of methoxy groups -OCH3 is 2. The van der Waals surface area contributed by atoms with Crippen LogP contribution in [0.1, 0.15) is 16.7 Å². The number of hydrogen-bond donors (Lipinski definition) is 0. The summed E-state index contributed by atoms with van der Waals surface area (Å²) in [7, 11) is 4.93. The summed E-state index contributed by atoms with van der Waals surface area (Å²) < 4.78 is 10.8. The smallest absolute Gasteiger partial charge is 0.278 e. The maximum Gasteiger partial charge on any atom is 0.278 e. The molecule has 6 nitrogen and oxygen atoms in total. The van der Waals surface area contributed by atoms with Gasteiger partial charge >= 0.3 is 0 Å². The molecule has 0 aromatic heterocycles. The summed E-state index contributed by atoms with van der Waals surface area (Å²) in [6, 6.07) is 24.6. The molecule has 4 rings (SSSR count). The summed E-state index contributed by atoms with van der Waals surface area (Å²) in [5.41, 5.74) is 3.26. The van der Waals surface area contributed by atoms with Gasteiger partial charge in [0, 0.05) is 13.6 Å². The molecule has 1 heterocycles. The molecule has 3 aromatic carbocycles. The van der Waals surface area contributed by atoms with E-state index in [9.17, 15) is 9.59 Å². The molecule has 0 spiro atoms. The zero-order chi connectivity index (χ0) is 23.4. The van der Waals surface area contributed by atoms with Crippen molar-refractivity contribution < 1.29 is 19.1 Å². The van der Waals surface area contributed by atoms with Gasteiger partial charge in [-0.3, -0.25) is 14.5 Å². The van der Waals surface area contributed by atoms with E-state index in [1.54, 1.807) is 32.4 Å². The quantitative estimate of drug-likeness (QED) is 0.492. The topological polar surface area (TPSA) is 59.1 Å². The molecule has 0 unspecified atom stereocenters. The summed E-state index contributed by atoms with van der Waals surface area (Å²) in [6.45, 7) is 0.698. The van der Waals surface area contributed by atoms with Crippen LogP contribution in [0, 0.1) is 0 Å². The molecule has 0 bridgehead atoms. The lowest BCUT2D eigenvalue weighted by Crippen LogP contribution is -2.33. The first-order valence-electron chi connectivity index (χ1n) is 10.6. The normalized spacial score (nSPS) is 13.5. The Morgan fingerprint density at radius 1 is 0.758 bits per heavy atom. The van der Waals surface area contributed by atoms with Gasteiger partial charge in [0.25, 0.3) is 11.8 Å². The molecular formula is C27H26N2O4. The van der Waals surface area contributed by atoms with Crippen molar-refractivity contribution in [3.63, 3.8) is 0 Å². The van der Waals surface area contributed by atoms with Crippen molar-refractivity contribution in [2.24, 2.45) is 0 Å². The van der Waals surface area contributed by atoms with Crippen LogP contribution in [-0.2, 0) is 22.7 Å². The first-order chi connectivity index (χ1) is 16.0. The Balaban J connectivity index is 1.77. The van der Waals surface area contributed by atoms with Crippen molar-refractivity contribution in [3.8, 4) is 11.5 Å². The van der Waals surface area contributed by atoms with Crippen LogP contribution in [0.4, 0.5) is 0 Å². The number of amides is 2. The highest BCUT2D eigenvalue weighted by Crippen LogP contribution is 2.37. The molecule has 0 saturated carbocycles. The van der Waals surface area contributed by atoms with Gasteiger partial charge in [0.2, 0.25) is 0 Å². The maximum atomic E-state index is 13.6. The van der Waals surface area contributed by atoms with Crippen LogP contribution in [-0.4, -0.2) is 42.9 Å². The van der Waals surface area contributed by atoms with Crippen molar-refractivity contribution in [1.29, 1.82) is 0 Å². The van der Waals surface area contributed by atoms with E-state index in [0.29, 0.717) is 34.9 Å². The Kier molecular flexibility index (Phi) is 6.45. The van der Waals surface area contributed by atoms with E-state index in [-0.39, 0.29) is 18.4 Å². The highest BCUT2D eigenvalue weighted by Gasteiger charge is 2.41. The zero-order valence-electron chi connectivity index (χ0n) is 18.9. The predicted octanol–water partition coefficient (Wildman–Crippen LogP) is 4.12. The van der Waals surface area contributed by atoms with E-state index in [1.807, 2.05) is 72.6 Å². The summed E-state index contributed by atoms with van der Waals surface area (Å²) >= 11 is 0. The second kappa shape index (κ2) is 9.61. The third-order valence-corrected chi connectivity index (χ3v) is 5.64. The number of carbonyl (C=O) groups excluding carboxylic acids is 2.